The van der Waals surface area contributed by atoms with Crippen molar-refractivity contribution in [1.29, 1.82) is 0 Å². The number of carbonyl (C=O) groups is 1. The second-order valence-corrected chi connectivity index (χ2v) is 12.9. The Morgan fingerprint density at radius 2 is 1.75 bits per heavy atom. The minimum absolute atomic E-state index is 0.332. The molecule has 1 atom stereocenters. The van der Waals surface area contributed by atoms with Gasteiger partial charge in [0.25, 0.3) is 0 Å². The molecule has 0 aliphatic carbocycles. The van der Waals surface area contributed by atoms with Crippen molar-refractivity contribution in [3.8, 4) is 11.5 Å². The maximum atomic E-state index is 12.8. The summed E-state index contributed by atoms with van der Waals surface area (Å²) in [5.41, 5.74) is 1.88. The summed E-state index contributed by atoms with van der Waals surface area (Å²) in [5, 5.41) is 12.7. The molecule has 2 aromatic carbocycles. The molecule has 0 spiro atoms. The van der Waals surface area contributed by atoms with Crippen molar-refractivity contribution in [1.82, 2.24) is 9.88 Å². The van der Waals surface area contributed by atoms with E-state index in [1.165, 1.54) is 5.56 Å². The van der Waals surface area contributed by atoms with Crippen molar-refractivity contribution in [2.45, 2.75) is 77.4 Å². The maximum absolute atomic E-state index is 12.8. The average molecular weight is 547 g/mol. The lowest BCUT2D eigenvalue weighted by Crippen LogP contribution is -2.66. The molecule has 5 rings (SSSR count). The molecule has 1 N–H and O–H groups in total. The number of oxazole rings is 1. The van der Waals surface area contributed by atoms with Gasteiger partial charge in [-0.15, -0.1) is 0 Å². The highest BCUT2D eigenvalue weighted by Gasteiger charge is 2.58. The Morgan fingerprint density at radius 3 is 2.38 bits per heavy atom. The van der Waals surface area contributed by atoms with Crippen LogP contribution in [0, 0.1) is 5.41 Å². The van der Waals surface area contributed by atoms with Crippen molar-refractivity contribution < 1.29 is 23.8 Å². The number of hydrogen-bond acceptors (Lipinski definition) is 6. The summed E-state index contributed by atoms with van der Waals surface area (Å²) in [6, 6.07) is 16.0. The van der Waals surface area contributed by atoms with Crippen LogP contribution in [-0.2, 0) is 15.1 Å². The van der Waals surface area contributed by atoms with Gasteiger partial charge in [0, 0.05) is 43.2 Å². The normalized spacial score (nSPS) is 19.2. The molecule has 0 radical (unpaired) electrons. The molecule has 0 unspecified atom stereocenters. The predicted octanol–water partition coefficient (Wildman–Crippen LogP) is 6.85. The van der Waals surface area contributed by atoms with E-state index in [4.69, 9.17) is 18.9 Å². The Hall–Kier alpha value is -3.16. The number of amides is 1. The SMILES string of the molecule is CC(C)c1ccc([C@](O)(c2cccc(-c3nc(C4CCOCC4)co3)c2)C2(C)CN(C(=O)OC(C)(C)C)C2)cc1. The van der Waals surface area contributed by atoms with E-state index in [0.29, 0.717) is 30.8 Å². The molecule has 0 saturated carbocycles. The van der Waals surface area contributed by atoms with Crippen molar-refractivity contribution in [3.63, 3.8) is 0 Å². The number of aliphatic hydroxyl groups is 1. The third-order valence-corrected chi connectivity index (χ3v) is 8.29. The first kappa shape index (κ1) is 28.4. The van der Waals surface area contributed by atoms with Gasteiger partial charge >= 0.3 is 6.09 Å². The fourth-order valence-electron chi connectivity index (χ4n) is 5.93. The molecule has 0 bridgehead atoms. The molecule has 40 heavy (non-hydrogen) atoms. The van der Waals surface area contributed by atoms with Crippen LogP contribution in [0.4, 0.5) is 4.79 Å². The van der Waals surface area contributed by atoms with E-state index in [1.807, 2.05) is 64.1 Å². The van der Waals surface area contributed by atoms with Gasteiger partial charge in [-0.2, -0.15) is 0 Å². The van der Waals surface area contributed by atoms with Crippen molar-refractivity contribution in [2.24, 2.45) is 5.41 Å². The average Bonchev–Trinajstić information content (AvgIpc) is 3.41. The van der Waals surface area contributed by atoms with Gasteiger partial charge in [0.2, 0.25) is 5.89 Å². The van der Waals surface area contributed by atoms with E-state index in [-0.39, 0.29) is 6.09 Å². The smallest absolute Gasteiger partial charge is 0.410 e. The molecule has 2 aliphatic heterocycles. The van der Waals surface area contributed by atoms with Gasteiger partial charge in [-0.1, -0.05) is 57.2 Å². The monoisotopic (exact) mass is 546 g/mol. The third kappa shape index (κ3) is 5.41. The molecule has 3 heterocycles. The minimum atomic E-state index is -1.37. The van der Waals surface area contributed by atoms with E-state index in [2.05, 4.69) is 26.0 Å². The molecule has 2 saturated heterocycles. The number of rotatable bonds is 6. The number of benzene rings is 2. The summed E-state index contributed by atoms with van der Waals surface area (Å²) in [6.45, 7) is 14.1. The standard InChI is InChI=1S/C33H42N2O5/c1-22(2)23-10-12-26(13-11-23)33(37,32(6)20-35(21-32)30(36)40-31(3,4)5)27-9-7-8-25(18-27)29-34-28(19-39-29)24-14-16-38-17-15-24/h7-13,18-19,22,24,37H,14-17,20-21H2,1-6H3/t33-/m0/s1. The fourth-order valence-corrected chi connectivity index (χ4v) is 5.93. The van der Waals surface area contributed by atoms with Crippen molar-refractivity contribution in [2.75, 3.05) is 26.3 Å². The highest BCUT2D eigenvalue weighted by Crippen LogP contribution is 2.51. The van der Waals surface area contributed by atoms with Crippen LogP contribution in [-0.4, -0.2) is 53.0 Å². The zero-order valence-electron chi connectivity index (χ0n) is 24.6. The highest BCUT2D eigenvalue weighted by atomic mass is 16.6. The lowest BCUT2D eigenvalue weighted by atomic mass is 9.61. The number of aromatic nitrogens is 1. The van der Waals surface area contributed by atoms with Gasteiger partial charge in [-0.25, -0.2) is 9.78 Å². The Kier molecular flexibility index (Phi) is 7.57. The molecule has 1 amide bonds. The Balaban J connectivity index is 1.50. The Labute approximate surface area is 237 Å². The molecule has 7 heteroatoms. The molecule has 7 nitrogen and oxygen atoms in total. The van der Waals surface area contributed by atoms with Crippen LogP contribution in [0.25, 0.3) is 11.5 Å². The molecular weight excluding hydrogens is 504 g/mol. The minimum Gasteiger partial charge on any atom is -0.444 e. The van der Waals surface area contributed by atoms with Crippen LogP contribution < -0.4 is 0 Å². The zero-order chi connectivity index (χ0) is 28.7. The topological polar surface area (TPSA) is 85.0 Å². The maximum Gasteiger partial charge on any atom is 0.410 e. The van der Waals surface area contributed by atoms with E-state index in [1.54, 1.807) is 11.2 Å². The molecule has 2 fully saturated rings. The van der Waals surface area contributed by atoms with Gasteiger partial charge < -0.3 is 23.9 Å². The predicted molar refractivity (Wildman–Crippen MR) is 154 cm³/mol. The van der Waals surface area contributed by atoms with E-state index < -0.39 is 16.6 Å². The molecular formula is C33H42N2O5. The van der Waals surface area contributed by atoms with Gasteiger partial charge in [-0.05, 0) is 68.4 Å². The summed E-state index contributed by atoms with van der Waals surface area (Å²) < 4.78 is 17.0. The van der Waals surface area contributed by atoms with Crippen LogP contribution in [0.5, 0.6) is 0 Å². The number of ether oxygens (including phenoxy) is 2. The van der Waals surface area contributed by atoms with Gasteiger partial charge in [0.05, 0.1) is 5.69 Å². The van der Waals surface area contributed by atoms with E-state index in [0.717, 1.165) is 48.4 Å². The quantitative estimate of drug-likeness (QED) is 0.364. The molecule has 214 valence electrons. The van der Waals surface area contributed by atoms with Gasteiger partial charge in [0.1, 0.15) is 17.5 Å². The summed E-state index contributed by atoms with van der Waals surface area (Å²) in [7, 11) is 0. The van der Waals surface area contributed by atoms with Crippen molar-refractivity contribution >= 4 is 6.09 Å². The van der Waals surface area contributed by atoms with Crippen LogP contribution in [0.2, 0.25) is 0 Å². The molecule has 3 aromatic rings. The van der Waals surface area contributed by atoms with Gasteiger partial charge in [-0.3, -0.25) is 0 Å². The van der Waals surface area contributed by atoms with Crippen LogP contribution >= 0.6 is 0 Å². The van der Waals surface area contributed by atoms with Crippen LogP contribution in [0.3, 0.4) is 0 Å². The van der Waals surface area contributed by atoms with E-state index >= 15 is 0 Å². The number of hydrogen-bond donors (Lipinski definition) is 1. The zero-order valence-corrected chi connectivity index (χ0v) is 24.6. The van der Waals surface area contributed by atoms with Crippen molar-refractivity contribution in [3.05, 3.63) is 77.2 Å². The third-order valence-electron chi connectivity index (χ3n) is 8.29. The summed E-state index contributed by atoms with van der Waals surface area (Å²) >= 11 is 0. The second-order valence-electron chi connectivity index (χ2n) is 12.9. The lowest BCUT2D eigenvalue weighted by molar-refractivity contribution is -0.131. The fraction of sp³-hybridized carbons (Fsp3) is 0.515. The molecule has 2 aliphatic rings. The largest absolute Gasteiger partial charge is 0.444 e. The summed E-state index contributed by atoms with van der Waals surface area (Å²) in [6.07, 6.45) is 3.26. The van der Waals surface area contributed by atoms with Crippen LogP contribution in [0.15, 0.2) is 59.2 Å². The lowest BCUT2D eigenvalue weighted by Gasteiger charge is -2.56. The second kappa shape index (κ2) is 10.7. The van der Waals surface area contributed by atoms with Gasteiger partial charge in [0.15, 0.2) is 0 Å². The Bertz CT molecular complexity index is 1330. The highest BCUT2D eigenvalue weighted by molar-refractivity contribution is 5.70. The first-order valence-corrected chi connectivity index (χ1v) is 14.3. The summed E-state index contributed by atoms with van der Waals surface area (Å²) in [5.74, 6) is 1.25. The molecule has 1 aromatic heterocycles. The number of nitrogens with zero attached hydrogens (tertiary/aromatic N) is 2. The summed E-state index contributed by atoms with van der Waals surface area (Å²) in [4.78, 5) is 19.3. The first-order chi connectivity index (χ1) is 18.9. The van der Waals surface area contributed by atoms with E-state index in [9.17, 15) is 9.90 Å². The number of carbonyl (C=O) groups excluding carboxylic acids is 1. The number of likely N-dealkylation sites (tertiary alicyclic amines) is 1. The first-order valence-electron chi connectivity index (χ1n) is 14.3. The van der Waals surface area contributed by atoms with Crippen LogP contribution in [0.1, 0.15) is 88.6 Å². The Morgan fingerprint density at radius 1 is 1.07 bits per heavy atom.